The zero-order valence-corrected chi connectivity index (χ0v) is 13.1. The number of rotatable bonds is 5. The van der Waals surface area contributed by atoms with Gasteiger partial charge in [-0.25, -0.2) is 12.7 Å². The summed E-state index contributed by atoms with van der Waals surface area (Å²) in [5, 5.41) is 11.1. The van der Waals surface area contributed by atoms with Crippen LogP contribution in [0.3, 0.4) is 0 Å². The average molecular weight is 334 g/mol. The highest BCUT2D eigenvalue weighted by Crippen LogP contribution is 2.27. The number of nitro benzene ring substituents is 1. The van der Waals surface area contributed by atoms with Crippen molar-refractivity contribution in [3.63, 3.8) is 0 Å². The van der Waals surface area contributed by atoms with Gasteiger partial charge < -0.3 is 0 Å². The molecule has 0 heterocycles. The largest absolute Gasteiger partial charge is 0.289 e. The molecule has 0 bridgehead atoms. The Labute approximate surface area is 133 Å². The molecule has 0 aliphatic heterocycles. The minimum atomic E-state index is -4.33. The Morgan fingerprint density at radius 2 is 1.65 bits per heavy atom. The molecule has 0 aliphatic rings. The lowest BCUT2D eigenvalue weighted by atomic mass is 10.2. The van der Waals surface area contributed by atoms with Gasteiger partial charge in [0.05, 0.1) is 11.5 Å². The van der Waals surface area contributed by atoms with Crippen molar-refractivity contribution in [2.75, 3.05) is 0 Å². The van der Waals surface area contributed by atoms with Gasteiger partial charge in [-0.1, -0.05) is 42.5 Å². The van der Waals surface area contributed by atoms with E-state index in [1.807, 2.05) is 0 Å². The number of carbonyl (C=O) groups is 1. The normalized spacial score (nSPS) is 11.0. The molecule has 0 unspecified atom stereocenters. The molecule has 0 saturated heterocycles. The fraction of sp³-hybridized carbons (Fsp3) is 0.133. The standard InChI is InChI=1S/C15H14N2O5S/c1-12(18)16(11-13-7-3-2-4-8-13)23(21,22)15-10-6-5-9-14(15)17(19)20/h2-10H,11H2,1H3. The maximum atomic E-state index is 12.7. The highest BCUT2D eigenvalue weighted by Gasteiger charge is 2.33. The summed E-state index contributed by atoms with van der Waals surface area (Å²) in [5.41, 5.74) is 0.0386. The van der Waals surface area contributed by atoms with Crippen LogP contribution in [-0.2, 0) is 21.4 Å². The van der Waals surface area contributed by atoms with Crippen molar-refractivity contribution in [1.29, 1.82) is 0 Å². The summed E-state index contributed by atoms with van der Waals surface area (Å²) in [7, 11) is -4.33. The van der Waals surface area contributed by atoms with E-state index < -0.39 is 31.4 Å². The quantitative estimate of drug-likeness (QED) is 0.617. The molecule has 1 amide bonds. The van der Waals surface area contributed by atoms with Gasteiger partial charge in [-0.3, -0.25) is 14.9 Å². The molecule has 23 heavy (non-hydrogen) atoms. The molecule has 7 nitrogen and oxygen atoms in total. The van der Waals surface area contributed by atoms with Crippen LogP contribution in [0.5, 0.6) is 0 Å². The van der Waals surface area contributed by atoms with Gasteiger partial charge in [-0.15, -0.1) is 0 Å². The summed E-state index contributed by atoms with van der Waals surface area (Å²) >= 11 is 0. The summed E-state index contributed by atoms with van der Waals surface area (Å²) in [6.45, 7) is 0.916. The van der Waals surface area contributed by atoms with Gasteiger partial charge in [0.15, 0.2) is 4.90 Å². The lowest BCUT2D eigenvalue weighted by molar-refractivity contribution is -0.387. The Hall–Kier alpha value is -2.74. The van der Waals surface area contributed by atoms with Crippen molar-refractivity contribution in [1.82, 2.24) is 4.31 Å². The number of para-hydroxylation sites is 1. The van der Waals surface area contributed by atoms with Crippen molar-refractivity contribution in [2.45, 2.75) is 18.4 Å². The number of carbonyl (C=O) groups excluding carboxylic acids is 1. The number of benzene rings is 2. The van der Waals surface area contributed by atoms with E-state index in [9.17, 15) is 23.3 Å². The van der Waals surface area contributed by atoms with Crippen LogP contribution in [0.1, 0.15) is 12.5 Å². The molecular formula is C15H14N2O5S. The third-order valence-electron chi connectivity index (χ3n) is 3.15. The maximum absolute atomic E-state index is 12.7. The molecule has 8 heteroatoms. The van der Waals surface area contributed by atoms with E-state index in [1.165, 1.54) is 12.1 Å². The van der Waals surface area contributed by atoms with Gasteiger partial charge in [-0.2, -0.15) is 0 Å². The number of sulfonamides is 1. The highest BCUT2D eigenvalue weighted by molar-refractivity contribution is 7.89. The Balaban J connectivity index is 2.50. The first kappa shape index (κ1) is 16.6. The van der Waals surface area contributed by atoms with E-state index in [-0.39, 0.29) is 6.54 Å². The fourth-order valence-corrected chi connectivity index (χ4v) is 3.61. The van der Waals surface area contributed by atoms with Crippen molar-refractivity contribution in [3.8, 4) is 0 Å². The Morgan fingerprint density at radius 1 is 1.09 bits per heavy atom. The lowest BCUT2D eigenvalue weighted by Crippen LogP contribution is -2.35. The fourth-order valence-electron chi connectivity index (χ4n) is 2.06. The minimum absolute atomic E-state index is 0.190. The van der Waals surface area contributed by atoms with Crippen molar-refractivity contribution >= 4 is 21.6 Å². The number of hydrogen-bond acceptors (Lipinski definition) is 5. The van der Waals surface area contributed by atoms with Crippen LogP contribution in [0.25, 0.3) is 0 Å². The minimum Gasteiger partial charge on any atom is -0.274 e. The molecule has 120 valence electrons. The lowest BCUT2D eigenvalue weighted by Gasteiger charge is -2.21. The summed E-state index contributed by atoms with van der Waals surface area (Å²) in [4.78, 5) is 21.6. The summed E-state index contributed by atoms with van der Waals surface area (Å²) < 4.78 is 26.0. The molecule has 0 spiro atoms. The molecule has 0 atom stereocenters. The Bertz CT molecular complexity index is 834. The average Bonchev–Trinajstić information content (AvgIpc) is 2.53. The van der Waals surface area contributed by atoms with Crippen molar-refractivity contribution in [3.05, 3.63) is 70.3 Å². The number of amides is 1. The van der Waals surface area contributed by atoms with Crippen LogP contribution in [0.15, 0.2) is 59.5 Å². The van der Waals surface area contributed by atoms with Gasteiger partial charge in [0.25, 0.3) is 15.7 Å². The van der Waals surface area contributed by atoms with Crippen LogP contribution in [0, 0.1) is 10.1 Å². The van der Waals surface area contributed by atoms with Crippen LogP contribution < -0.4 is 0 Å². The second-order valence-electron chi connectivity index (χ2n) is 4.74. The van der Waals surface area contributed by atoms with E-state index in [0.717, 1.165) is 19.1 Å². The first-order valence-electron chi connectivity index (χ1n) is 6.64. The van der Waals surface area contributed by atoms with Gasteiger partial charge in [0.2, 0.25) is 5.91 Å². The highest BCUT2D eigenvalue weighted by atomic mass is 32.2. The molecule has 0 aliphatic carbocycles. The number of nitrogens with zero attached hydrogens (tertiary/aromatic N) is 2. The third-order valence-corrected chi connectivity index (χ3v) is 5.02. The molecule has 2 rings (SSSR count). The Morgan fingerprint density at radius 3 is 2.22 bits per heavy atom. The SMILES string of the molecule is CC(=O)N(Cc1ccccc1)S(=O)(=O)c1ccccc1[N+](=O)[O-]. The molecule has 0 aromatic heterocycles. The molecule has 0 fully saturated rings. The summed E-state index contributed by atoms with van der Waals surface area (Å²) in [6.07, 6.45) is 0. The molecule has 0 saturated carbocycles. The zero-order chi connectivity index (χ0) is 17.0. The van der Waals surface area contributed by atoms with E-state index in [0.29, 0.717) is 9.87 Å². The van der Waals surface area contributed by atoms with E-state index in [1.54, 1.807) is 30.3 Å². The first-order chi connectivity index (χ1) is 10.8. The smallest absolute Gasteiger partial charge is 0.274 e. The van der Waals surface area contributed by atoms with Gasteiger partial charge in [0, 0.05) is 13.0 Å². The Kier molecular flexibility index (Phi) is 4.75. The molecule has 2 aromatic rings. The molecule has 0 N–H and O–H groups in total. The first-order valence-corrected chi connectivity index (χ1v) is 8.08. The second kappa shape index (κ2) is 6.57. The number of nitro groups is 1. The van der Waals surface area contributed by atoms with Gasteiger partial charge >= 0.3 is 0 Å². The molecular weight excluding hydrogens is 320 g/mol. The van der Waals surface area contributed by atoms with Crippen LogP contribution >= 0.6 is 0 Å². The maximum Gasteiger partial charge on any atom is 0.289 e. The summed E-state index contributed by atoms with van der Waals surface area (Å²) in [5.74, 6) is -0.716. The van der Waals surface area contributed by atoms with Gasteiger partial charge in [0.1, 0.15) is 0 Å². The van der Waals surface area contributed by atoms with E-state index in [4.69, 9.17) is 0 Å². The topological polar surface area (TPSA) is 97.6 Å². The van der Waals surface area contributed by atoms with E-state index >= 15 is 0 Å². The monoisotopic (exact) mass is 334 g/mol. The van der Waals surface area contributed by atoms with Crippen LogP contribution in [-0.4, -0.2) is 23.6 Å². The second-order valence-corrected chi connectivity index (χ2v) is 6.57. The van der Waals surface area contributed by atoms with Crippen molar-refractivity contribution < 1.29 is 18.1 Å². The molecule has 0 radical (unpaired) electrons. The number of hydrogen-bond donors (Lipinski definition) is 0. The van der Waals surface area contributed by atoms with E-state index in [2.05, 4.69) is 0 Å². The van der Waals surface area contributed by atoms with Gasteiger partial charge in [-0.05, 0) is 11.6 Å². The van der Waals surface area contributed by atoms with Crippen LogP contribution in [0.4, 0.5) is 5.69 Å². The predicted octanol–water partition coefficient (Wildman–Crippen LogP) is 2.33. The zero-order valence-electron chi connectivity index (χ0n) is 12.2. The van der Waals surface area contributed by atoms with Crippen LogP contribution in [0.2, 0.25) is 0 Å². The van der Waals surface area contributed by atoms with Crippen molar-refractivity contribution in [2.24, 2.45) is 0 Å². The molecule has 2 aromatic carbocycles. The third kappa shape index (κ3) is 3.54. The summed E-state index contributed by atoms with van der Waals surface area (Å²) in [6, 6.07) is 13.5. The predicted molar refractivity (Wildman–Crippen MR) is 82.9 cm³/mol.